The molecule has 0 aliphatic rings. The van der Waals surface area contributed by atoms with Crippen LogP contribution in [-0.4, -0.2) is 28.4 Å². The number of hydrogen-bond donors (Lipinski definition) is 0. The number of rotatable bonds is 6. The predicted molar refractivity (Wildman–Crippen MR) is 106 cm³/mol. The van der Waals surface area contributed by atoms with Gasteiger partial charge < -0.3 is 19.1 Å². The van der Waals surface area contributed by atoms with Crippen LogP contribution in [-0.2, 0) is 0 Å². The molecule has 0 unspecified atom stereocenters. The van der Waals surface area contributed by atoms with Crippen LogP contribution in [0.4, 0.5) is 11.4 Å². The molecule has 0 amide bonds. The summed E-state index contributed by atoms with van der Waals surface area (Å²) >= 11 is 0. The van der Waals surface area contributed by atoms with Crippen molar-refractivity contribution in [1.82, 2.24) is 0 Å². The van der Waals surface area contributed by atoms with Gasteiger partial charge in [0.1, 0.15) is 22.9 Å². The normalized spacial score (nSPS) is 10.3. The highest BCUT2D eigenvalue weighted by atomic mass is 16.5. The molecule has 134 valence electrons. The Bertz CT molecular complexity index is 835. The van der Waals surface area contributed by atoms with E-state index in [1.165, 1.54) is 11.1 Å². The zero-order valence-electron chi connectivity index (χ0n) is 15.5. The number of methoxy groups -OCH3 is 3. The van der Waals surface area contributed by atoms with Gasteiger partial charge in [0, 0.05) is 24.9 Å². The smallest absolute Gasteiger partial charge is 0.150 e. The van der Waals surface area contributed by atoms with Crippen LogP contribution in [0, 0.1) is 0 Å². The molecule has 0 radical (unpaired) electrons. The number of hydrogen-bond acceptors (Lipinski definition) is 4. The summed E-state index contributed by atoms with van der Waals surface area (Å²) in [7, 11) is 6.90. The molecule has 4 nitrogen and oxygen atoms in total. The summed E-state index contributed by atoms with van der Waals surface area (Å²) in [5.41, 5.74) is 4.26. The van der Waals surface area contributed by atoms with Crippen molar-refractivity contribution in [2.24, 2.45) is 0 Å². The highest BCUT2D eigenvalue weighted by Crippen LogP contribution is 2.43. The van der Waals surface area contributed by atoms with Gasteiger partial charge in [0.25, 0.3) is 0 Å². The molecule has 0 saturated heterocycles. The van der Waals surface area contributed by atoms with Crippen molar-refractivity contribution in [3.63, 3.8) is 0 Å². The second-order valence-electron chi connectivity index (χ2n) is 5.85. The monoisotopic (exact) mass is 349 g/mol. The summed E-state index contributed by atoms with van der Waals surface area (Å²) < 4.78 is 16.5. The molecule has 3 aromatic rings. The lowest BCUT2D eigenvalue weighted by Crippen LogP contribution is -2.12. The fourth-order valence-corrected chi connectivity index (χ4v) is 2.96. The quantitative estimate of drug-likeness (QED) is 0.616. The van der Waals surface area contributed by atoms with Crippen molar-refractivity contribution in [3.05, 3.63) is 66.7 Å². The van der Waals surface area contributed by atoms with Crippen LogP contribution in [0.1, 0.15) is 0 Å². The van der Waals surface area contributed by atoms with E-state index in [1.807, 2.05) is 42.3 Å². The Hall–Kier alpha value is -3.14. The molecule has 0 heterocycles. The van der Waals surface area contributed by atoms with Gasteiger partial charge >= 0.3 is 0 Å². The van der Waals surface area contributed by atoms with Crippen molar-refractivity contribution >= 4 is 11.4 Å². The molecule has 3 rings (SSSR count). The summed E-state index contributed by atoms with van der Waals surface area (Å²) in [5, 5.41) is 0. The molecule has 0 atom stereocenters. The highest BCUT2D eigenvalue weighted by molar-refractivity contribution is 5.77. The first-order valence-electron chi connectivity index (χ1n) is 8.37. The van der Waals surface area contributed by atoms with Gasteiger partial charge in [-0.1, -0.05) is 42.5 Å². The number of benzene rings is 3. The van der Waals surface area contributed by atoms with Crippen LogP contribution in [0.5, 0.6) is 17.2 Å². The molecule has 3 aromatic carbocycles. The average Bonchev–Trinajstić information content (AvgIpc) is 2.72. The summed E-state index contributed by atoms with van der Waals surface area (Å²) in [5.74, 6) is 2.07. The number of ether oxygens (including phenoxy) is 3. The van der Waals surface area contributed by atoms with Gasteiger partial charge in [-0.3, -0.25) is 0 Å². The standard InChI is InChI=1S/C22H23NO3/c1-23(22-20(25-3)14-19(24-2)15-21(22)26-4)18-12-10-17(11-13-18)16-8-6-5-7-9-16/h5-15H,1-4H3. The summed E-state index contributed by atoms with van der Waals surface area (Å²) in [6.07, 6.45) is 0. The minimum Gasteiger partial charge on any atom is -0.496 e. The fraction of sp³-hybridized carbons (Fsp3) is 0.182. The molecule has 0 aromatic heterocycles. The van der Waals surface area contributed by atoms with E-state index in [4.69, 9.17) is 14.2 Å². The fourth-order valence-electron chi connectivity index (χ4n) is 2.96. The van der Waals surface area contributed by atoms with Crippen molar-refractivity contribution in [1.29, 1.82) is 0 Å². The third kappa shape index (κ3) is 3.45. The van der Waals surface area contributed by atoms with E-state index in [9.17, 15) is 0 Å². The molecule has 0 aliphatic carbocycles. The first-order valence-corrected chi connectivity index (χ1v) is 8.37. The van der Waals surface area contributed by atoms with Crippen molar-refractivity contribution in [3.8, 4) is 28.4 Å². The topological polar surface area (TPSA) is 30.9 Å². The molecule has 0 fully saturated rings. The SMILES string of the molecule is COc1cc(OC)c(N(C)c2ccc(-c3ccccc3)cc2)c(OC)c1. The van der Waals surface area contributed by atoms with Crippen molar-refractivity contribution < 1.29 is 14.2 Å². The van der Waals surface area contributed by atoms with Gasteiger partial charge in [0.05, 0.1) is 21.3 Å². The van der Waals surface area contributed by atoms with Gasteiger partial charge in [0.2, 0.25) is 0 Å². The second-order valence-corrected chi connectivity index (χ2v) is 5.85. The summed E-state index contributed by atoms with van der Waals surface area (Å²) in [4.78, 5) is 2.05. The van der Waals surface area contributed by atoms with Gasteiger partial charge in [-0.15, -0.1) is 0 Å². The zero-order chi connectivity index (χ0) is 18.5. The molecule has 0 saturated carbocycles. The third-order valence-electron chi connectivity index (χ3n) is 4.39. The molecular weight excluding hydrogens is 326 g/mol. The molecule has 0 spiro atoms. The Morgan fingerprint density at radius 1 is 0.654 bits per heavy atom. The molecule has 4 heteroatoms. The van der Waals surface area contributed by atoms with Gasteiger partial charge in [-0.2, -0.15) is 0 Å². The van der Waals surface area contributed by atoms with Crippen LogP contribution in [0.2, 0.25) is 0 Å². The molecular formula is C22H23NO3. The van der Waals surface area contributed by atoms with Crippen LogP contribution in [0.3, 0.4) is 0 Å². The predicted octanol–water partition coefficient (Wildman–Crippen LogP) is 5.15. The van der Waals surface area contributed by atoms with Gasteiger partial charge in [0.15, 0.2) is 0 Å². The molecule has 0 bridgehead atoms. The Kier molecular flexibility index (Phi) is 5.32. The minimum atomic E-state index is 0.690. The number of anilines is 2. The molecule has 0 aliphatic heterocycles. The average molecular weight is 349 g/mol. The highest BCUT2D eigenvalue weighted by Gasteiger charge is 2.18. The lowest BCUT2D eigenvalue weighted by molar-refractivity contribution is 0.376. The van der Waals surface area contributed by atoms with Crippen LogP contribution in [0.15, 0.2) is 66.7 Å². The Morgan fingerprint density at radius 2 is 1.19 bits per heavy atom. The lowest BCUT2D eigenvalue weighted by Gasteiger charge is -2.25. The maximum atomic E-state index is 5.56. The van der Waals surface area contributed by atoms with E-state index in [2.05, 4.69) is 36.4 Å². The third-order valence-corrected chi connectivity index (χ3v) is 4.39. The lowest BCUT2D eigenvalue weighted by atomic mass is 10.1. The van der Waals surface area contributed by atoms with E-state index < -0.39 is 0 Å². The Balaban J connectivity index is 1.98. The largest absolute Gasteiger partial charge is 0.496 e. The number of nitrogens with zero attached hydrogens (tertiary/aromatic N) is 1. The van der Waals surface area contributed by atoms with Gasteiger partial charge in [-0.05, 0) is 23.3 Å². The van der Waals surface area contributed by atoms with E-state index in [0.29, 0.717) is 17.2 Å². The summed E-state index contributed by atoms with van der Waals surface area (Å²) in [6.45, 7) is 0. The first kappa shape index (κ1) is 17.7. The van der Waals surface area contributed by atoms with E-state index in [1.54, 1.807) is 21.3 Å². The van der Waals surface area contributed by atoms with Crippen LogP contribution in [0.25, 0.3) is 11.1 Å². The molecule has 0 N–H and O–H groups in total. The van der Waals surface area contributed by atoms with Crippen molar-refractivity contribution in [2.75, 3.05) is 33.3 Å². The van der Waals surface area contributed by atoms with E-state index in [-0.39, 0.29) is 0 Å². The first-order chi connectivity index (χ1) is 12.7. The van der Waals surface area contributed by atoms with Gasteiger partial charge in [-0.25, -0.2) is 0 Å². The van der Waals surface area contributed by atoms with E-state index in [0.717, 1.165) is 11.4 Å². The minimum absolute atomic E-state index is 0.690. The van der Waals surface area contributed by atoms with Crippen LogP contribution >= 0.6 is 0 Å². The van der Waals surface area contributed by atoms with Crippen molar-refractivity contribution in [2.45, 2.75) is 0 Å². The Morgan fingerprint density at radius 3 is 1.69 bits per heavy atom. The second kappa shape index (κ2) is 7.83. The van der Waals surface area contributed by atoms with Crippen LogP contribution < -0.4 is 19.1 Å². The molecule has 26 heavy (non-hydrogen) atoms. The van der Waals surface area contributed by atoms with E-state index >= 15 is 0 Å². The summed E-state index contributed by atoms with van der Waals surface area (Å²) in [6, 6.07) is 22.4. The zero-order valence-corrected chi connectivity index (χ0v) is 15.5. The Labute approximate surface area is 154 Å². The maximum Gasteiger partial charge on any atom is 0.150 e. The maximum absolute atomic E-state index is 5.56.